The van der Waals surface area contributed by atoms with Gasteiger partial charge in [0.1, 0.15) is 5.69 Å². The van der Waals surface area contributed by atoms with E-state index in [4.69, 9.17) is 9.57 Å². The highest BCUT2D eigenvalue weighted by Crippen LogP contribution is 2.27. The molecular formula is C22H17N3O6S. The zero-order valence-corrected chi connectivity index (χ0v) is 17.3. The van der Waals surface area contributed by atoms with Crippen molar-refractivity contribution >= 4 is 40.5 Å². The predicted octanol–water partition coefficient (Wildman–Crippen LogP) is 3.36. The molecule has 0 radical (unpaired) electrons. The number of hydrogen-bond donors (Lipinski definition) is 2. The minimum Gasteiger partial charge on any atom is -0.476 e. The zero-order valence-electron chi connectivity index (χ0n) is 16.5. The molecule has 2 aromatic carbocycles. The van der Waals surface area contributed by atoms with Gasteiger partial charge >= 0.3 is 11.9 Å². The first-order valence-electron chi connectivity index (χ1n) is 9.13. The molecule has 0 spiro atoms. The molecule has 2 N–H and O–H groups in total. The number of amides is 1. The summed E-state index contributed by atoms with van der Waals surface area (Å²) in [5.74, 6) is -2.87. The van der Waals surface area contributed by atoms with Crippen molar-refractivity contribution in [3.05, 3.63) is 95.2 Å². The highest BCUT2D eigenvalue weighted by Gasteiger charge is 2.23. The van der Waals surface area contributed by atoms with E-state index < -0.39 is 29.5 Å². The number of ether oxygens (including phenoxy) is 1. The second kappa shape index (κ2) is 10.6. The molecule has 0 atom stereocenters. The minimum absolute atomic E-state index is 0.0561. The zero-order chi connectivity index (χ0) is 22.9. The van der Waals surface area contributed by atoms with E-state index >= 15 is 0 Å². The van der Waals surface area contributed by atoms with Crippen LogP contribution in [-0.2, 0) is 24.0 Å². The van der Waals surface area contributed by atoms with Gasteiger partial charge in [-0.3, -0.25) is 4.79 Å². The monoisotopic (exact) mass is 451 g/mol. The standard InChI is InChI=1S/C22H17N3O6S/c1-14(31-25-18(20(27)28)17-12-32-22(24-17)23-13-26)21(29)30-19(15-8-4-2-5-9-15)16-10-6-3-7-11-16/h2-13,19H,1H2,(H,27,28)(H,23,24,26). The number of nitrogens with zero attached hydrogens (tertiary/aromatic N) is 2. The van der Waals surface area contributed by atoms with Gasteiger partial charge in [0.05, 0.1) is 0 Å². The van der Waals surface area contributed by atoms with E-state index in [2.05, 4.69) is 22.0 Å². The summed E-state index contributed by atoms with van der Waals surface area (Å²) in [7, 11) is 0. The van der Waals surface area contributed by atoms with Crippen LogP contribution in [0, 0.1) is 0 Å². The Morgan fingerprint density at radius 2 is 1.69 bits per heavy atom. The number of hydrogen-bond acceptors (Lipinski definition) is 8. The van der Waals surface area contributed by atoms with E-state index in [0.717, 1.165) is 22.5 Å². The van der Waals surface area contributed by atoms with E-state index in [1.54, 1.807) is 0 Å². The van der Waals surface area contributed by atoms with Crippen LogP contribution in [0.15, 0.2) is 83.5 Å². The van der Waals surface area contributed by atoms with Crippen LogP contribution >= 0.6 is 11.3 Å². The molecule has 1 heterocycles. The van der Waals surface area contributed by atoms with Crippen molar-refractivity contribution in [3.63, 3.8) is 0 Å². The highest BCUT2D eigenvalue weighted by atomic mass is 32.1. The number of benzene rings is 2. The molecule has 9 nitrogen and oxygen atoms in total. The second-order valence-corrected chi connectivity index (χ2v) is 7.02. The van der Waals surface area contributed by atoms with Gasteiger partial charge < -0.3 is 20.0 Å². The first-order chi connectivity index (χ1) is 15.5. The molecule has 10 heteroatoms. The number of esters is 1. The fourth-order valence-electron chi connectivity index (χ4n) is 2.59. The smallest absolute Gasteiger partial charge is 0.377 e. The molecule has 0 unspecified atom stereocenters. The third-order valence-corrected chi connectivity index (χ3v) is 4.81. The molecule has 0 aliphatic carbocycles. The topological polar surface area (TPSA) is 127 Å². The Balaban J connectivity index is 1.76. The average molecular weight is 451 g/mol. The van der Waals surface area contributed by atoms with Crippen LogP contribution in [0.2, 0.25) is 0 Å². The summed E-state index contributed by atoms with van der Waals surface area (Å²) in [4.78, 5) is 43.4. The molecular weight excluding hydrogens is 434 g/mol. The normalized spacial score (nSPS) is 11.0. The number of carbonyl (C=O) groups is 3. The molecule has 3 rings (SSSR count). The van der Waals surface area contributed by atoms with Gasteiger partial charge in [0.2, 0.25) is 17.9 Å². The van der Waals surface area contributed by atoms with E-state index in [1.807, 2.05) is 60.7 Å². The first kappa shape index (κ1) is 22.4. The van der Waals surface area contributed by atoms with Crippen LogP contribution in [-0.4, -0.2) is 34.2 Å². The summed E-state index contributed by atoms with van der Waals surface area (Å²) < 4.78 is 5.58. The molecule has 0 fully saturated rings. The van der Waals surface area contributed by atoms with Crippen LogP contribution < -0.4 is 5.32 Å². The number of aliphatic carboxylic acids is 1. The van der Waals surface area contributed by atoms with Crippen molar-refractivity contribution in [1.82, 2.24) is 4.98 Å². The quantitative estimate of drug-likeness (QED) is 0.121. The number of carbonyl (C=O) groups excluding carboxylic acids is 2. The number of carboxylic acid groups (broad SMARTS) is 1. The van der Waals surface area contributed by atoms with Crippen LogP contribution in [0.4, 0.5) is 5.13 Å². The Bertz CT molecular complexity index is 1110. The molecule has 0 saturated carbocycles. The lowest BCUT2D eigenvalue weighted by molar-refractivity contribution is -0.147. The SMILES string of the molecule is C=C(ON=C(C(=O)O)c1csc(NC=O)n1)C(=O)OC(c1ccccc1)c1ccccc1. The lowest BCUT2D eigenvalue weighted by atomic mass is 10.0. The van der Waals surface area contributed by atoms with E-state index in [-0.39, 0.29) is 10.8 Å². The Morgan fingerprint density at radius 1 is 1.09 bits per heavy atom. The van der Waals surface area contributed by atoms with E-state index in [1.165, 1.54) is 5.38 Å². The van der Waals surface area contributed by atoms with Crippen molar-refractivity contribution in [2.45, 2.75) is 6.10 Å². The summed E-state index contributed by atoms with van der Waals surface area (Å²) in [6, 6.07) is 18.2. The fraction of sp³-hybridized carbons (Fsp3) is 0.0455. The second-order valence-electron chi connectivity index (χ2n) is 6.17. The van der Waals surface area contributed by atoms with Crippen molar-refractivity contribution in [1.29, 1.82) is 0 Å². The maximum Gasteiger partial charge on any atom is 0.377 e. The lowest BCUT2D eigenvalue weighted by Gasteiger charge is -2.18. The summed E-state index contributed by atoms with van der Waals surface area (Å²) in [5.41, 5.74) is 0.829. The van der Waals surface area contributed by atoms with Crippen LogP contribution in [0.5, 0.6) is 0 Å². The molecule has 0 aliphatic rings. The molecule has 32 heavy (non-hydrogen) atoms. The average Bonchev–Trinajstić information content (AvgIpc) is 3.26. The van der Waals surface area contributed by atoms with Crippen molar-refractivity contribution in [3.8, 4) is 0 Å². The van der Waals surface area contributed by atoms with Crippen LogP contribution in [0.1, 0.15) is 22.9 Å². The Kier molecular flexibility index (Phi) is 7.44. The van der Waals surface area contributed by atoms with E-state index in [9.17, 15) is 19.5 Å². The molecule has 0 aliphatic heterocycles. The summed E-state index contributed by atoms with van der Waals surface area (Å²) in [6.07, 6.45) is -0.326. The molecule has 1 aromatic heterocycles. The number of carboxylic acids is 1. The molecule has 3 aromatic rings. The van der Waals surface area contributed by atoms with Crippen molar-refractivity contribution in [2.24, 2.45) is 5.16 Å². The van der Waals surface area contributed by atoms with Crippen LogP contribution in [0.25, 0.3) is 0 Å². The largest absolute Gasteiger partial charge is 0.476 e. The number of thiazole rings is 1. The number of aromatic nitrogens is 1. The van der Waals surface area contributed by atoms with Gasteiger partial charge in [-0.05, 0) is 17.7 Å². The minimum atomic E-state index is -1.44. The van der Waals surface area contributed by atoms with Gasteiger partial charge in [-0.1, -0.05) is 65.8 Å². The Labute approximate surface area is 186 Å². The van der Waals surface area contributed by atoms with E-state index in [0.29, 0.717) is 6.41 Å². The van der Waals surface area contributed by atoms with Gasteiger partial charge in [0.15, 0.2) is 11.2 Å². The van der Waals surface area contributed by atoms with Crippen molar-refractivity contribution < 1.29 is 29.1 Å². The number of nitrogens with one attached hydrogen (secondary N) is 1. The van der Waals surface area contributed by atoms with Gasteiger partial charge in [0, 0.05) is 5.38 Å². The maximum atomic E-state index is 12.6. The molecule has 0 bridgehead atoms. The van der Waals surface area contributed by atoms with Gasteiger partial charge in [0.25, 0.3) is 0 Å². The third kappa shape index (κ3) is 5.64. The Morgan fingerprint density at radius 3 is 2.22 bits per heavy atom. The summed E-state index contributed by atoms with van der Waals surface area (Å²) in [6.45, 7) is 3.48. The summed E-state index contributed by atoms with van der Waals surface area (Å²) in [5, 5.41) is 16.7. The third-order valence-electron chi connectivity index (χ3n) is 4.04. The summed E-state index contributed by atoms with van der Waals surface area (Å²) >= 11 is 0.997. The Hall–Kier alpha value is -4.31. The number of rotatable bonds is 10. The molecule has 1 amide bonds. The maximum absolute atomic E-state index is 12.6. The first-order valence-corrected chi connectivity index (χ1v) is 10.0. The number of oxime groups is 1. The van der Waals surface area contributed by atoms with Gasteiger partial charge in [-0.2, -0.15) is 0 Å². The van der Waals surface area contributed by atoms with Gasteiger partial charge in [-0.15, -0.1) is 11.3 Å². The highest BCUT2D eigenvalue weighted by molar-refractivity contribution is 7.14. The van der Waals surface area contributed by atoms with Crippen molar-refractivity contribution in [2.75, 3.05) is 5.32 Å². The van der Waals surface area contributed by atoms with Gasteiger partial charge in [-0.25, -0.2) is 14.6 Å². The molecule has 0 saturated heterocycles. The lowest BCUT2D eigenvalue weighted by Crippen LogP contribution is -2.18. The molecule has 162 valence electrons. The number of anilines is 1. The fourth-order valence-corrected chi connectivity index (χ4v) is 3.24. The predicted molar refractivity (Wildman–Crippen MR) is 117 cm³/mol. The van der Waals surface area contributed by atoms with Crippen LogP contribution in [0.3, 0.4) is 0 Å².